The zero-order valence-electron chi connectivity index (χ0n) is 7.68. The lowest BCUT2D eigenvalue weighted by atomic mass is 9.86. The molecule has 2 N–H and O–H groups in total. The third kappa shape index (κ3) is 2.04. The molecule has 13 heavy (non-hydrogen) atoms. The maximum absolute atomic E-state index is 5.73. The van der Waals surface area contributed by atoms with Crippen molar-refractivity contribution in [2.24, 2.45) is 5.73 Å². The highest BCUT2D eigenvalue weighted by Crippen LogP contribution is 2.24. The van der Waals surface area contributed by atoms with Gasteiger partial charge in [0.15, 0.2) is 0 Å². The zero-order valence-corrected chi connectivity index (χ0v) is 8.50. The Kier molecular flexibility index (Phi) is 2.57. The standard InChI is InChI=1S/C8H14N4S/c1-12(7-2-6(9)3-7)5-8-4-10-11-13-8/h4,6-7H,2-3,5,9H2,1H3. The van der Waals surface area contributed by atoms with Crippen molar-refractivity contribution in [1.82, 2.24) is 14.5 Å². The maximum Gasteiger partial charge on any atom is 0.0666 e. The van der Waals surface area contributed by atoms with Gasteiger partial charge in [0.1, 0.15) is 0 Å². The van der Waals surface area contributed by atoms with Crippen LogP contribution in [-0.4, -0.2) is 33.6 Å². The van der Waals surface area contributed by atoms with E-state index in [1.807, 2.05) is 6.20 Å². The Morgan fingerprint density at radius 2 is 2.46 bits per heavy atom. The van der Waals surface area contributed by atoms with Gasteiger partial charge in [0.2, 0.25) is 0 Å². The van der Waals surface area contributed by atoms with E-state index in [-0.39, 0.29) is 0 Å². The molecule has 72 valence electrons. The summed E-state index contributed by atoms with van der Waals surface area (Å²) in [6, 6.07) is 1.09. The molecule has 0 unspecified atom stereocenters. The molecule has 0 aliphatic heterocycles. The summed E-state index contributed by atoms with van der Waals surface area (Å²) in [5.41, 5.74) is 5.73. The molecule has 1 aromatic rings. The molecule has 5 heteroatoms. The SMILES string of the molecule is CN(Cc1cnns1)C1CC(N)C1. The van der Waals surface area contributed by atoms with E-state index in [0.29, 0.717) is 12.1 Å². The second-order valence-electron chi connectivity index (χ2n) is 3.68. The fourth-order valence-electron chi connectivity index (χ4n) is 1.62. The van der Waals surface area contributed by atoms with Crippen molar-refractivity contribution in [3.05, 3.63) is 11.1 Å². The molecule has 1 fully saturated rings. The van der Waals surface area contributed by atoms with Crippen molar-refractivity contribution in [1.29, 1.82) is 0 Å². The summed E-state index contributed by atoms with van der Waals surface area (Å²) in [6.07, 6.45) is 4.09. The fourth-order valence-corrected chi connectivity index (χ4v) is 2.18. The van der Waals surface area contributed by atoms with Gasteiger partial charge in [-0.05, 0) is 31.4 Å². The molecular formula is C8H14N4S. The second kappa shape index (κ2) is 3.69. The monoisotopic (exact) mass is 198 g/mol. The molecule has 0 aromatic carbocycles. The van der Waals surface area contributed by atoms with Crippen molar-refractivity contribution < 1.29 is 0 Å². The van der Waals surface area contributed by atoms with Gasteiger partial charge in [0, 0.05) is 18.6 Å². The Labute approximate surface area is 81.9 Å². The topological polar surface area (TPSA) is 55.0 Å². The van der Waals surface area contributed by atoms with Gasteiger partial charge in [-0.2, -0.15) is 0 Å². The lowest BCUT2D eigenvalue weighted by Gasteiger charge is -2.39. The van der Waals surface area contributed by atoms with Crippen LogP contribution in [0.25, 0.3) is 0 Å². The van der Waals surface area contributed by atoms with Crippen LogP contribution in [0.3, 0.4) is 0 Å². The summed E-state index contributed by atoms with van der Waals surface area (Å²) >= 11 is 1.47. The van der Waals surface area contributed by atoms with Gasteiger partial charge in [-0.25, -0.2) is 0 Å². The average molecular weight is 198 g/mol. The van der Waals surface area contributed by atoms with Crippen molar-refractivity contribution >= 4 is 11.5 Å². The average Bonchev–Trinajstić information content (AvgIpc) is 2.51. The lowest BCUT2D eigenvalue weighted by molar-refractivity contribution is 0.133. The molecule has 4 nitrogen and oxygen atoms in total. The first kappa shape index (κ1) is 9.05. The maximum atomic E-state index is 5.73. The van der Waals surface area contributed by atoms with Crippen LogP contribution < -0.4 is 5.73 Å². The van der Waals surface area contributed by atoms with Crippen LogP contribution >= 0.6 is 11.5 Å². The molecule has 0 saturated heterocycles. The van der Waals surface area contributed by atoms with E-state index in [1.165, 1.54) is 16.4 Å². The highest BCUT2D eigenvalue weighted by molar-refractivity contribution is 7.05. The van der Waals surface area contributed by atoms with Crippen LogP contribution in [0, 0.1) is 0 Å². The Balaban J connectivity index is 1.82. The summed E-state index contributed by atoms with van der Waals surface area (Å²) in [7, 11) is 2.14. The third-order valence-corrected chi connectivity index (χ3v) is 3.23. The van der Waals surface area contributed by atoms with Crippen molar-refractivity contribution in [3.8, 4) is 0 Å². The van der Waals surface area contributed by atoms with Crippen LogP contribution in [0.4, 0.5) is 0 Å². The first-order valence-corrected chi connectivity index (χ1v) is 5.25. The first-order chi connectivity index (χ1) is 6.25. The minimum absolute atomic E-state index is 0.423. The number of hydrogen-bond acceptors (Lipinski definition) is 5. The van der Waals surface area contributed by atoms with Crippen molar-refractivity contribution in [2.45, 2.75) is 31.5 Å². The predicted octanol–water partition coefficient (Wildman–Crippen LogP) is 0.460. The molecule has 0 bridgehead atoms. The normalized spacial score (nSPS) is 27.6. The van der Waals surface area contributed by atoms with E-state index in [2.05, 4.69) is 21.5 Å². The smallest absolute Gasteiger partial charge is 0.0666 e. The second-order valence-corrected chi connectivity index (χ2v) is 4.55. The highest BCUT2D eigenvalue weighted by atomic mass is 32.1. The molecule has 0 spiro atoms. The predicted molar refractivity (Wildman–Crippen MR) is 52.4 cm³/mol. The molecule has 2 rings (SSSR count). The molecule has 1 aliphatic carbocycles. The number of rotatable bonds is 3. The van der Waals surface area contributed by atoms with Crippen molar-refractivity contribution in [2.75, 3.05) is 7.05 Å². The van der Waals surface area contributed by atoms with Crippen molar-refractivity contribution in [3.63, 3.8) is 0 Å². The quantitative estimate of drug-likeness (QED) is 0.766. The number of nitrogens with two attached hydrogens (primary N) is 1. The van der Waals surface area contributed by atoms with Gasteiger partial charge in [-0.15, -0.1) is 5.10 Å². The Morgan fingerprint density at radius 1 is 1.69 bits per heavy atom. The molecule has 0 radical (unpaired) electrons. The highest BCUT2D eigenvalue weighted by Gasteiger charge is 2.29. The molecule has 0 amide bonds. The third-order valence-electron chi connectivity index (χ3n) is 2.59. The first-order valence-electron chi connectivity index (χ1n) is 4.48. The van der Waals surface area contributed by atoms with E-state index < -0.39 is 0 Å². The Morgan fingerprint density at radius 3 is 3.00 bits per heavy atom. The van der Waals surface area contributed by atoms with E-state index >= 15 is 0 Å². The lowest BCUT2D eigenvalue weighted by Crippen LogP contribution is -2.48. The molecular weight excluding hydrogens is 184 g/mol. The minimum atomic E-state index is 0.423. The van der Waals surface area contributed by atoms with Crippen LogP contribution in [0.2, 0.25) is 0 Å². The van der Waals surface area contributed by atoms with Gasteiger partial charge >= 0.3 is 0 Å². The molecule has 1 aliphatic rings. The van der Waals surface area contributed by atoms with E-state index in [9.17, 15) is 0 Å². The largest absolute Gasteiger partial charge is 0.328 e. The van der Waals surface area contributed by atoms with Crippen LogP contribution in [-0.2, 0) is 6.54 Å². The summed E-state index contributed by atoms with van der Waals surface area (Å²) in [6.45, 7) is 0.953. The summed E-state index contributed by atoms with van der Waals surface area (Å²) in [5, 5.41) is 3.81. The number of hydrogen-bond donors (Lipinski definition) is 1. The molecule has 0 atom stereocenters. The number of nitrogens with zero attached hydrogens (tertiary/aromatic N) is 3. The summed E-state index contributed by atoms with van der Waals surface area (Å²) in [5.74, 6) is 0. The summed E-state index contributed by atoms with van der Waals surface area (Å²) in [4.78, 5) is 3.56. The van der Waals surface area contributed by atoms with E-state index in [1.54, 1.807) is 0 Å². The number of aromatic nitrogens is 2. The van der Waals surface area contributed by atoms with Crippen LogP contribution in [0.15, 0.2) is 6.20 Å². The van der Waals surface area contributed by atoms with Crippen LogP contribution in [0.5, 0.6) is 0 Å². The fraction of sp³-hybridized carbons (Fsp3) is 0.750. The van der Waals surface area contributed by atoms with Gasteiger partial charge < -0.3 is 5.73 Å². The van der Waals surface area contributed by atoms with Gasteiger partial charge in [0.05, 0.1) is 11.1 Å². The Bertz CT molecular complexity index is 255. The van der Waals surface area contributed by atoms with Gasteiger partial charge in [0.25, 0.3) is 0 Å². The molecule has 1 heterocycles. The van der Waals surface area contributed by atoms with E-state index in [4.69, 9.17) is 5.73 Å². The Hall–Kier alpha value is -0.520. The van der Waals surface area contributed by atoms with Gasteiger partial charge in [-0.3, -0.25) is 4.90 Å². The van der Waals surface area contributed by atoms with E-state index in [0.717, 1.165) is 19.4 Å². The molecule has 1 aromatic heterocycles. The molecule has 1 saturated carbocycles. The zero-order chi connectivity index (χ0) is 9.26. The minimum Gasteiger partial charge on any atom is -0.328 e. The van der Waals surface area contributed by atoms with Gasteiger partial charge in [-0.1, -0.05) is 4.49 Å². The summed E-state index contributed by atoms with van der Waals surface area (Å²) < 4.78 is 3.83. The van der Waals surface area contributed by atoms with Crippen LogP contribution in [0.1, 0.15) is 17.7 Å².